The Balaban J connectivity index is 1.56. The summed E-state index contributed by atoms with van der Waals surface area (Å²) in [5.41, 5.74) is 2.12. The summed E-state index contributed by atoms with van der Waals surface area (Å²) in [5, 5.41) is 7.34. The van der Waals surface area contributed by atoms with Crippen molar-refractivity contribution in [1.82, 2.24) is 25.0 Å². The third-order valence-corrected chi connectivity index (χ3v) is 4.72. The number of rotatable bonds is 7. The highest BCUT2D eigenvalue weighted by Crippen LogP contribution is 2.24. The van der Waals surface area contributed by atoms with E-state index in [9.17, 15) is 9.59 Å². The van der Waals surface area contributed by atoms with Crippen LogP contribution in [0.3, 0.4) is 0 Å². The number of aromatic nitrogens is 3. The molecular formula is C20H27N5O2. The van der Waals surface area contributed by atoms with Gasteiger partial charge in [0.1, 0.15) is 0 Å². The molecule has 2 amide bonds. The molecule has 0 aromatic carbocycles. The zero-order valence-electron chi connectivity index (χ0n) is 16.0. The second-order valence-electron chi connectivity index (χ2n) is 7.45. The maximum Gasteiger partial charge on any atom is 0.223 e. The van der Waals surface area contributed by atoms with Gasteiger partial charge in [-0.1, -0.05) is 13.8 Å². The first kappa shape index (κ1) is 19.1. The van der Waals surface area contributed by atoms with Crippen molar-refractivity contribution in [3.63, 3.8) is 0 Å². The highest BCUT2D eigenvalue weighted by molar-refractivity contribution is 5.78. The van der Waals surface area contributed by atoms with Crippen molar-refractivity contribution >= 4 is 11.8 Å². The predicted molar refractivity (Wildman–Crippen MR) is 102 cm³/mol. The van der Waals surface area contributed by atoms with Crippen LogP contribution >= 0.6 is 0 Å². The molecule has 0 saturated carbocycles. The molecule has 7 heteroatoms. The predicted octanol–water partition coefficient (Wildman–Crippen LogP) is 1.96. The average molecular weight is 369 g/mol. The first-order valence-electron chi connectivity index (χ1n) is 9.48. The second-order valence-corrected chi connectivity index (χ2v) is 7.45. The lowest BCUT2D eigenvalue weighted by molar-refractivity contribution is -0.135. The van der Waals surface area contributed by atoms with Gasteiger partial charge < -0.3 is 10.2 Å². The van der Waals surface area contributed by atoms with E-state index in [1.54, 1.807) is 18.6 Å². The number of carbonyl (C=O) groups is 2. The summed E-state index contributed by atoms with van der Waals surface area (Å²) in [7, 11) is 0. The summed E-state index contributed by atoms with van der Waals surface area (Å²) < 4.78 is 1.89. The molecule has 144 valence electrons. The summed E-state index contributed by atoms with van der Waals surface area (Å²) >= 11 is 0. The number of fused-ring (bicyclic) bond motifs is 1. The van der Waals surface area contributed by atoms with E-state index in [1.165, 1.54) is 0 Å². The Morgan fingerprint density at radius 1 is 1.22 bits per heavy atom. The topological polar surface area (TPSA) is 80.1 Å². The van der Waals surface area contributed by atoms with Crippen molar-refractivity contribution in [2.45, 2.75) is 45.7 Å². The van der Waals surface area contributed by atoms with E-state index in [4.69, 9.17) is 0 Å². The molecule has 0 spiro atoms. The van der Waals surface area contributed by atoms with Crippen LogP contribution in [-0.4, -0.2) is 44.6 Å². The minimum Gasteiger partial charge on any atom is -0.356 e. The SMILES string of the molecule is CC(C)CC(=O)N1Cc2ccnn2C(CC(=O)NCCc2ccncc2)C1. The lowest BCUT2D eigenvalue weighted by Gasteiger charge is -2.34. The maximum atomic E-state index is 12.5. The quantitative estimate of drug-likeness (QED) is 0.809. The van der Waals surface area contributed by atoms with E-state index in [2.05, 4.69) is 15.4 Å². The average Bonchev–Trinajstić information content (AvgIpc) is 3.11. The van der Waals surface area contributed by atoms with Crippen molar-refractivity contribution in [2.75, 3.05) is 13.1 Å². The van der Waals surface area contributed by atoms with E-state index >= 15 is 0 Å². The van der Waals surface area contributed by atoms with Crippen molar-refractivity contribution in [1.29, 1.82) is 0 Å². The first-order chi connectivity index (χ1) is 13.0. The Labute approximate surface area is 159 Å². The molecule has 0 fully saturated rings. The molecular weight excluding hydrogens is 342 g/mol. The Morgan fingerprint density at radius 3 is 2.74 bits per heavy atom. The summed E-state index contributed by atoms with van der Waals surface area (Å²) in [4.78, 5) is 30.8. The third kappa shape index (κ3) is 5.15. The molecule has 0 saturated heterocycles. The summed E-state index contributed by atoms with van der Waals surface area (Å²) in [6.07, 6.45) is 6.85. The molecule has 2 aromatic rings. The summed E-state index contributed by atoms with van der Waals surface area (Å²) in [5.74, 6) is 0.438. The molecule has 0 aliphatic carbocycles. The van der Waals surface area contributed by atoms with E-state index in [0.29, 0.717) is 38.4 Å². The molecule has 0 radical (unpaired) electrons. The fraction of sp³-hybridized carbons (Fsp3) is 0.500. The number of carbonyl (C=O) groups excluding carboxylic acids is 2. The van der Waals surface area contributed by atoms with Crippen LogP contribution in [0.15, 0.2) is 36.8 Å². The summed E-state index contributed by atoms with van der Waals surface area (Å²) in [6.45, 7) is 5.75. The van der Waals surface area contributed by atoms with Gasteiger partial charge in [0.2, 0.25) is 11.8 Å². The van der Waals surface area contributed by atoms with Crippen LogP contribution in [-0.2, 0) is 22.6 Å². The maximum absolute atomic E-state index is 12.5. The second kappa shape index (κ2) is 8.79. The van der Waals surface area contributed by atoms with E-state index < -0.39 is 0 Å². The van der Waals surface area contributed by atoms with Crippen molar-refractivity contribution in [3.8, 4) is 0 Å². The van der Waals surface area contributed by atoms with E-state index in [1.807, 2.05) is 41.6 Å². The minimum absolute atomic E-state index is 0.0198. The fourth-order valence-electron chi connectivity index (χ4n) is 3.39. The zero-order chi connectivity index (χ0) is 19.2. The van der Waals surface area contributed by atoms with Crippen molar-refractivity contribution < 1.29 is 9.59 Å². The van der Waals surface area contributed by atoms with Gasteiger partial charge in [-0.25, -0.2) is 0 Å². The molecule has 3 rings (SSSR count). The number of amides is 2. The van der Waals surface area contributed by atoms with Gasteiger partial charge in [0, 0.05) is 38.1 Å². The number of nitrogens with zero attached hydrogens (tertiary/aromatic N) is 4. The van der Waals surface area contributed by atoms with Crippen molar-refractivity contribution in [3.05, 3.63) is 48.0 Å². The fourth-order valence-corrected chi connectivity index (χ4v) is 3.39. The van der Waals surface area contributed by atoms with Gasteiger partial charge in [0.05, 0.1) is 24.7 Å². The smallest absolute Gasteiger partial charge is 0.223 e. The van der Waals surface area contributed by atoms with Crippen LogP contribution in [0.1, 0.15) is 44.0 Å². The number of nitrogens with one attached hydrogen (secondary N) is 1. The minimum atomic E-state index is -0.124. The molecule has 1 N–H and O–H groups in total. The number of hydrogen-bond acceptors (Lipinski definition) is 4. The summed E-state index contributed by atoms with van der Waals surface area (Å²) in [6, 6.07) is 5.69. The van der Waals surface area contributed by atoms with Crippen LogP contribution < -0.4 is 5.32 Å². The Morgan fingerprint density at radius 2 is 2.00 bits per heavy atom. The van der Waals surface area contributed by atoms with Gasteiger partial charge in [0.15, 0.2) is 0 Å². The van der Waals surface area contributed by atoms with Crippen LogP contribution in [0.2, 0.25) is 0 Å². The molecule has 1 aliphatic heterocycles. The Bertz CT molecular complexity index is 772. The molecule has 1 atom stereocenters. The van der Waals surface area contributed by atoms with Gasteiger partial charge in [-0.2, -0.15) is 5.10 Å². The Kier molecular flexibility index (Phi) is 6.21. The van der Waals surface area contributed by atoms with E-state index in [-0.39, 0.29) is 17.9 Å². The van der Waals surface area contributed by atoms with Crippen LogP contribution in [0.5, 0.6) is 0 Å². The molecule has 3 heterocycles. The molecule has 7 nitrogen and oxygen atoms in total. The lowest BCUT2D eigenvalue weighted by Crippen LogP contribution is -2.43. The van der Waals surface area contributed by atoms with Gasteiger partial charge in [-0.15, -0.1) is 0 Å². The molecule has 27 heavy (non-hydrogen) atoms. The first-order valence-corrected chi connectivity index (χ1v) is 9.48. The van der Waals surface area contributed by atoms with Crippen LogP contribution in [0, 0.1) is 5.92 Å². The van der Waals surface area contributed by atoms with Crippen molar-refractivity contribution in [2.24, 2.45) is 5.92 Å². The Hall–Kier alpha value is -2.70. The standard InChI is InChI=1S/C20H27N5O2/c1-15(2)11-20(27)24-13-17-6-10-23-25(17)18(14-24)12-19(26)22-9-5-16-3-7-21-8-4-16/h3-4,6-8,10,15,18H,5,9,11-14H2,1-2H3,(H,22,26). The number of pyridine rings is 1. The lowest BCUT2D eigenvalue weighted by atomic mass is 10.1. The molecule has 1 aliphatic rings. The monoisotopic (exact) mass is 369 g/mol. The molecule has 2 aromatic heterocycles. The van der Waals surface area contributed by atoms with Crippen LogP contribution in [0.4, 0.5) is 0 Å². The molecule has 0 bridgehead atoms. The van der Waals surface area contributed by atoms with E-state index in [0.717, 1.165) is 17.7 Å². The third-order valence-electron chi connectivity index (χ3n) is 4.72. The van der Waals surface area contributed by atoms with Gasteiger partial charge in [-0.3, -0.25) is 19.3 Å². The van der Waals surface area contributed by atoms with Crippen LogP contribution in [0.25, 0.3) is 0 Å². The highest BCUT2D eigenvalue weighted by atomic mass is 16.2. The number of hydrogen-bond donors (Lipinski definition) is 1. The molecule has 1 unspecified atom stereocenters. The van der Waals surface area contributed by atoms with Gasteiger partial charge in [-0.05, 0) is 36.1 Å². The van der Waals surface area contributed by atoms with Gasteiger partial charge >= 0.3 is 0 Å². The van der Waals surface area contributed by atoms with Gasteiger partial charge in [0.25, 0.3) is 0 Å². The largest absolute Gasteiger partial charge is 0.356 e. The highest BCUT2D eigenvalue weighted by Gasteiger charge is 2.29. The normalized spacial score (nSPS) is 16.3. The zero-order valence-corrected chi connectivity index (χ0v) is 16.0.